The van der Waals surface area contributed by atoms with Crippen molar-refractivity contribution >= 4 is 5.91 Å². The van der Waals surface area contributed by atoms with E-state index in [0.717, 1.165) is 12.8 Å². The van der Waals surface area contributed by atoms with E-state index in [1.54, 1.807) is 4.90 Å². The first-order valence-electron chi connectivity index (χ1n) is 5.06. The normalized spacial score (nSPS) is 24.9. The first-order valence-corrected chi connectivity index (χ1v) is 5.06. The molecular formula is C10H17F2NO2. The lowest BCUT2D eigenvalue weighted by atomic mass is 10.0. The van der Waals surface area contributed by atoms with E-state index in [0.29, 0.717) is 0 Å². The van der Waals surface area contributed by atoms with Crippen molar-refractivity contribution in [3.63, 3.8) is 0 Å². The van der Waals surface area contributed by atoms with Crippen LogP contribution in [0.4, 0.5) is 8.78 Å². The molecule has 0 saturated carbocycles. The second-order valence-electron chi connectivity index (χ2n) is 4.54. The van der Waals surface area contributed by atoms with Crippen LogP contribution >= 0.6 is 0 Å². The molecule has 0 aromatic carbocycles. The SMILES string of the molecule is C[C@@H]1CCC(C)(C)N1C(=O)COC(F)F. The van der Waals surface area contributed by atoms with Gasteiger partial charge in [-0.3, -0.25) is 4.79 Å². The van der Waals surface area contributed by atoms with Crippen LogP contribution in [0.15, 0.2) is 0 Å². The van der Waals surface area contributed by atoms with Crippen molar-refractivity contribution in [1.82, 2.24) is 4.90 Å². The maximum absolute atomic E-state index is 11.8. The van der Waals surface area contributed by atoms with E-state index < -0.39 is 13.2 Å². The van der Waals surface area contributed by atoms with E-state index in [2.05, 4.69) is 4.74 Å². The van der Waals surface area contributed by atoms with E-state index in [9.17, 15) is 13.6 Å². The first kappa shape index (κ1) is 12.4. The Labute approximate surface area is 88.4 Å². The number of likely N-dealkylation sites (tertiary alicyclic amines) is 1. The molecule has 15 heavy (non-hydrogen) atoms. The highest BCUT2D eigenvalue weighted by Crippen LogP contribution is 2.33. The fraction of sp³-hybridized carbons (Fsp3) is 0.900. The van der Waals surface area contributed by atoms with Gasteiger partial charge < -0.3 is 9.64 Å². The van der Waals surface area contributed by atoms with Gasteiger partial charge in [0.05, 0.1) is 0 Å². The third-order valence-electron chi connectivity index (χ3n) is 2.87. The van der Waals surface area contributed by atoms with Crippen LogP contribution in [0.2, 0.25) is 0 Å². The van der Waals surface area contributed by atoms with Crippen molar-refractivity contribution in [3.8, 4) is 0 Å². The third-order valence-corrected chi connectivity index (χ3v) is 2.87. The summed E-state index contributed by atoms with van der Waals surface area (Å²) in [6.45, 7) is 2.39. The van der Waals surface area contributed by atoms with Crippen LogP contribution in [0.3, 0.4) is 0 Å². The van der Waals surface area contributed by atoms with Crippen molar-refractivity contribution in [2.75, 3.05) is 6.61 Å². The number of carbonyl (C=O) groups is 1. The number of hydrogen-bond donors (Lipinski definition) is 0. The minimum Gasteiger partial charge on any atom is -0.333 e. The molecule has 1 aliphatic rings. The molecule has 5 heteroatoms. The number of halogens is 2. The molecule has 0 radical (unpaired) electrons. The summed E-state index contributed by atoms with van der Waals surface area (Å²) in [5.74, 6) is -0.356. The van der Waals surface area contributed by atoms with Crippen molar-refractivity contribution in [2.24, 2.45) is 0 Å². The van der Waals surface area contributed by atoms with Crippen molar-refractivity contribution in [2.45, 2.75) is 51.8 Å². The lowest BCUT2D eigenvalue weighted by molar-refractivity contribution is -0.163. The van der Waals surface area contributed by atoms with Crippen molar-refractivity contribution in [3.05, 3.63) is 0 Å². The number of alkyl halides is 2. The smallest absolute Gasteiger partial charge is 0.333 e. The molecule has 88 valence electrons. The highest BCUT2D eigenvalue weighted by atomic mass is 19.3. The van der Waals surface area contributed by atoms with Crippen molar-refractivity contribution in [1.29, 1.82) is 0 Å². The Morgan fingerprint density at radius 2 is 2.20 bits per heavy atom. The Morgan fingerprint density at radius 3 is 2.60 bits per heavy atom. The number of ether oxygens (including phenoxy) is 1. The number of amides is 1. The van der Waals surface area contributed by atoms with Crippen LogP contribution in [0.5, 0.6) is 0 Å². The molecule has 1 amide bonds. The van der Waals surface area contributed by atoms with Gasteiger partial charge >= 0.3 is 6.61 Å². The molecular weight excluding hydrogens is 204 g/mol. The van der Waals surface area contributed by atoms with Gasteiger partial charge in [-0.05, 0) is 33.6 Å². The average molecular weight is 221 g/mol. The fourth-order valence-electron chi connectivity index (χ4n) is 2.20. The molecule has 1 saturated heterocycles. The van der Waals surface area contributed by atoms with Gasteiger partial charge in [0.25, 0.3) is 0 Å². The highest BCUT2D eigenvalue weighted by Gasteiger charge is 2.40. The topological polar surface area (TPSA) is 29.5 Å². The molecule has 0 aromatic rings. The van der Waals surface area contributed by atoms with Crippen LogP contribution in [-0.4, -0.2) is 35.6 Å². The number of carbonyl (C=O) groups excluding carboxylic acids is 1. The zero-order valence-corrected chi connectivity index (χ0v) is 9.30. The molecule has 0 bridgehead atoms. The average Bonchev–Trinajstić information content (AvgIpc) is 2.37. The van der Waals surface area contributed by atoms with Gasteiger partial charge in [0, 0.05) is 11.6 Å². The quantitative estimate of drug-likeness (QED) is 0.729. The summed E-state index contributed by atoms with van der Waals surface area (Å²) >= 11 is 0. The second kappa shape index (κ2) is 4.43. The fourth-order valence-corrected chi connectivity index (χ4v) is 2.20. The minimum atomic E-state index is -2.88. The van der Waals surface area contributed by atoms with E-state index in [1.165, 1.54) is 0 Å². The standard InChI is InChI=1S/C10H17F2NO2/c1-7-4-5-10(2,3)13(7)8(14)6-15-9(11)12/h7,9H,4-6H2,1-3H3/t7-/m1/s1. The summed E-state index contributed by atoms with van der Waals surface area (Å²) in [5, 5.41) is 0. The Morgan fingerprint density at radius 1 is 1.60 bits per heavy atom. The first-order chi connectivity index (χ1) is 6.84. The zero-order chi connectivity index (χ0) is 11.6. The Kier molecular flexibility index (Phi) is 3.65. The summed E-state index contributed by atoms with van der Waals surface area (Å²) in [6, 6.07) is 0.105. The molecule has 0 N–H and O–H groups in total. The summed E-state index contributed by atoms with van der Waals surface area (Å²) in [7, 11) is 0. The predicted octanol–water partition coefficient (Wildman–Crippen LogP) is 2.02. The van der Waals surface area contributed by atoms with Crippen LogP contribution < -0.4 is 0 Å². The lowest BCUT2D eigenvalue weighted by Gasteiger charge is -2.34. The molecule has 1 rings (SSSR count). The molecule has 1 atom stereocenters. The molecule has 1 heterocycles. The zero-order valence-electron chi connectivity index (χ0n) is 9.30. The number of rotatable bonds is 3. The molecule has 1 aliphatic heterocycles. The van der Waals surface area contributed by atoms with Crippen LogP contribution in [0, 0.1) is 0 Å². The maximum atomic E-state index is 11.8. The number of hydrogen-bond acceptors (Lipinski definition) is 2. The van der Waals surface area contributed by atoms with Crippen molar-refractivity contribution < 1.29 is 18.3 Å². The molecule has 3 nitrogen and oxygen atoms in total. The van der Waals surface area contributed by atoms with Crippen LogP contribution in [-0.2, 0) is 9.53 Å². The summed E-state index contributed by atoms with van der Waals surface area (Å²) in [5.41, 5.74) is -0.248. The van der Waals surface area contributed by atoms with E-state index >= 15 is 0 Å². The van der Waals surface area contributed by atoms with Gasteiger partial charge in [-0.1, -0.05) is 0 Å². The summed E-state index contributed by atoms with van der Waals surface area (Å²) in [4.78, 5) is 13.3. The van der Waals surface area contributed by atoms with E-state index in [1.807, 2.05) is 20.8 Å². The second-order valence-corrected chi connectivity index (χ2v) is 4.54. The van der Waals surface area contributed by atoms with Gasteiger partial charge in [-0.15, -0.1) is 0 Å². The molecule has 0 aromatic heterocycles. The summed E-state index contributed by atoms with van der Waals surface area (Å²) < 4.78 is 27.6. The third kappa shape index (κ3) is 2.87. The molecule has 0 spiro atoms. The van der Waals surface area contributed by atoms with Crippen LogP contribution in [0.1, 0.15) is 33.6 Å². The Hall–Kier alpha value is -0.710. The maximum Gasteiger partial charge on any atom is 0.345 e. The summed E-state index contributed by atoms with van der Waals surface area (Å²) in [6.07, 6.45) is 1.81. The van der Waals surface area contributed by atoms with Gasteiger partial charge in [0.1, 0.15) is 6.61 Å². The van der Waals surface area contributed by atoms with E-state index in [4.69, 9.17) is 0 Å². The molecule has 1 fully saturated rings. The molecule has 0 unspecified atom stereocenters. The van der Waals surface area contributed by atoms with E-state index in [-0.39, 0.29) is 17.5 Å². The minimum absolute atomic E-state index is 0.105. The highest BCUT2D eigenvalue weighted by molar-refractivity contribution is 5.79. The number of nitrogens with zero attached hydrogens (tertiary/aromatic N) is 1. The Bertz CT molecular complexity index is 244. The van der Waals surface area contributed by atoms with Crippen LogP contribution in [0.25, 0.3) is 0 Å². The van der Waals surface area contributed by atoms with Gasteiger partial charge in [0.2, 0.25) is 5.91 Å². The monoisotopic (exact) mass is 221 g/mol. The van der Waals surface area contributed by atoms with Gasteiger partial charge in [-0.2, -0.15) is 8.78 Å². The predicted molar refractivity (Wildman–Crippen MR) is 51.6 cm³/mol. The largest absolute Gasteiger partial charge is 0.345 e. The van der Waals surface area contributed by atoms with Gasteiger partial charge in [-0.25, -0.2) is 0 Å². The lowest BCUT2D eigenvalue weighted by Crippen LogP contribution is -2.47. The Balaban J connectivity index is 2.57. The van der Waals surface area contributed by atoms with Gasteiger partial charge in [0.15, 0.2) is 0 Å². The molecule has 0 aliphatic carbocycles.